The van der Waals surface area contributed by atoms with E-state index >= 15 is 0 Å². The number of carbonyl (C=O) groups excluding carboxylic acids is 1. The molecule has 4 nitrogen and oxygen atoms in total. The van der Waals surface area contributed by atoms with Gasteiger partial charge in [0.25, 0.3) is 0 Å². The molecule has 0 saturated carbocycles. The van der Waals surface area contributed by atoms with Gasteiger partial charge in [-0.05, 0) is 17.7 Å². The van der Waals surface area contributed by atoms with Crippen molar-refractivity contribution in [3.63, 3.8) is 0 Å². The van der Waals surface area contributed by atoms with Crippen molar-refractivity contribution in [2.75, 3.05) is 12.7 Å². The van der Waals surface area contributed by atoms with Crippen molar-refractivity contribution in [3.05, 3.63) is 22.7 Å². The molecular formula is C10H9Cl2NO3. The molecule has 0 bridgehead atoms. The van der Waals surface area contributed by atoms with Crippen LogP contribution in [-0.2, 0) is 11.3 Å². The smallest absolute Gasteiger partial charge is 0.235 e. The van der Waals surface area contributed by atoms with Gasteiger partial charge in [0.05, 0.1) is 5.02 Å². The Morgan fingerprint density at radius 2 is 2.25 bits per heavy atom. The summed E-state index contributed by atoms with van der Waals surface area (Å²) in [6, 6.07) is 3.51. The number of fused-ring (bicyclic) bond motifs is 1. The highest BCUT2D eigenvalue weighted by atomic mass is 35.5. The molecule has 0 fully saturated rings. The van der Waals surface area contributed by atoms with Crippen molar-refractivity contribution in [1.82, 2.24) is 5.32 Å². The summed E-state index contributed by atoms with van der Waals surface area (Å²) in [6.45, 7) is 0.536. The second-order valence-electron chi connectivity index (χ2n) is 3.22. The molecule has 0 aliphatic carbocycles. The van der Waals surface area contributed by atoms with Gasteiger partial charge in [-0.3, -0.25) is 4.79 Å². The Morgan fingerprint density at radius 3 is 3.00 bits per heavy atom. The topological polar surface area (TPSA) is 47.6 Å². The van der Waals surface area contributed by atoms with Crippen LogP contribution in [0.1, 0.15) is 5.56 Å². The van der Waals surface area contributed by atoms with Crippen molar-refractivity contribution in [2.45, 2.75) is 6.54 Å². The molecule has 0 atom stereocenters. The first-order chi connectivity index (χ1) is 7.70. The average Bonchev–Trinajstić information content (AvgIpc) is 2.74. The molecule has 16 heavy (non-hydrogen) atoms. The molecule has 1 amide bonds. The largest absolute Gasteiger partial charge is 0.454 e. The van der Waals surface area contributed by atoms with E-state index in [-0.39, 0.29) is 18.6 Å². The maximum absolute atomic E-state index is 11.0. The molecule has 2 rings (SSSR count). The van der Waals surface area contributed by atoms with Crippen molar-refractivity contribution in [2.24, 2.45) is 0 Å². The van der Waals surface area contributed by atoms with E-state index < -0.39 is 0 Å². The van der Waals surface area contributed by atoms with Crippen molar-refractivity contribution in [3.8, 4) is 11.5 Å². The molecule has 1 aliphatic heterocycles. The first-order valence-electron chi connectivity index (χ1n) is 4.61. The van der Waals surface area contributed by atoms with Crippen LogP contribution in [0.4, 0.5) is 0 Å². The van der Waals surface area contributed by atoms with Gasteiger partial charge < -0.3 is 14.8 Å². The molecule has 0 unspecified atom stereocenters. The second kappa shape index (κ2) is 4.80. The van der Waals surface area contributed by atoms with E-state index in [1.165, 1.54) is 0 Å². The van der Waals surface area contributed by atoms with E-state index in [2.05, 4.69) is 5.32 Å². The van der Waals surface area contributed by atoms with Gasteiger partial charge in [-0.15, -0.1) is 11.6 Å². The van der Waals surface area contributed by atoms with Gasteiger partial charge in [0.2, 0.25) is 12.7 Å². The lowest BCUT2D eigenvalue weighted by Gasteiger charge is -2.06. The van der Waals surface area contributed by atoms with Crippen LogP contribution in [0.15, 0.2) is 12.1 Å². The third-order valence-corrected chi connectivity index (χ3v) is 2.62. The van der Waals surface area contributed by atoms with E-state index in [1.54, 1.807) is 12.1 Å². The number of carbonyl (C=O) groups is 1. The van der Waals surface area contributed by atoms with E-state index in [0.29, 0.717) is 23.1 Å². The van der Waals surface area contributed by atoms with E-state index in [1.807, 2.05) is 0 Å². The standard InChI is InChI=1S/C10H9Cl2NO3/c11-3-9(14)13-4-6-1-7(12)10-8(2-6)15-5-16-10/h1-2H,3-5H2,(H,13,14). The van der Waals surface area contributed by atoms with Crippen LogP contribution in [0, 0.1) is 0 Å². The SMILES string of the molecule is O=C(CCl)NCc1cc(Cl)c2c(c1)OCO2. The van der Waals surface area contributed by atoms with Crippen LogP contribution in [0.25, 0.3) is 0 Å². The first-order valence-corrected chi connectivity index (χ1v) is 5.52. The second-order valence-corrected chi connectivity index (χ2v) is 3.90. The lowest BCUT2D eigenvalue weighted by Crippen LogP contribution is -2.23. The number of halogens is 2. The minimum atomic E-state index is -0.226. The molecule has 1 aliphatic rings. The Balaban J connectivity index is 2.11. The number of amides is 1. The highest BCUT2D eigenvalue weighted by Crippen LogP contribution is 2.39. The number of ether oxygens (including phenoxy) is 2. The number of rotatable bonds is 3. The van der Waals surface area contributed by atoms with Crippen molar-refractivity contribution >= 4 is 29.1 Å². The summed E-state index contributed by atoms with van der Waals surface area (Å²) in [5.74, 6) is 0.866. The summed E-state index contributed by atoms with van der Waals surface area (Å²) in [7, 11) is 0. The van der Waals surface area contributed by atoms with Crippen molar-refractivity contribution < 1.29 is 14.3 Å². The quantitative estimate of drug-likeness (QED) is 0.846. The number of hydrogen-bond donors (Lipinski definition) is 1. The number of benzene rings is 1. The maximum atomic E-state index is 11.0. The fourth-order valence-electron chi connectivity index (χ4n) is 1.37. The molecule has 1 heterocycles. The average molecular weight is 262 g/mol. The normalized spacial score (nSPS) is 12.6. The third-order valence-electron chi connectivity index (χ3n) is 2.10. The van der Waals surface area contributed by atoms with Crippen LogP contribution < -0.4 is 14.8 Å². The lowest BCUT2D eigenvalue weighted by atomic mass is 10.2. The van der Waals surface area contributed by atoms with Gasteiger partial charge in [0.15, 0.2) is 11.5 Å². The zero-order valence-electron chi connectivity index (χ0n) is 8.26. The summed E-state index contributed by atoms with van der Waals surface area (Å²) in [5, 5.41) is 3.12. The summed E-state index contributed by atoms with van der Waals surface area (Å²) in [5.41, 5.74) is 0.840. The number of alkyl halides is 1. The molecule has 1 aromatic carbocycles. The summed E-state index contributed by atoms with van der Waals surface area (Å²) < 4.78 is 10.4. The molecule has 86 valence electrons. The number of nitrogens with one attached hydrogen (secondary N) is 1. The van der Waals surface area contributed by atoms with Crippen LogP contribution >= 0.6 is 23.2 Å². The molecule has 0 radical (unpaired) electrons. The molecule has 0 aromatic heterocycles. The fraction of sp³-hybridized carbons (Fsp3) is 0.300. The van der Waals surface area contributed by atoms with Gasteiger partial charge in [-0.1, -0.05) is 11.6 Å². The van der Waals surface area contributed by atoms with Crippen LogP contribution in [0.5, 0.6) is 11.5 Å². The molecule has 1 N–H and O–H groups in total. The Labute approximate surface area is 102 Å². The highest BCUT2D eigenvalue weighted by molar-refractivity contribution is 6.32. The van der Waals surface area contributed by atoms with Gasteiger partial charge >= 0.3 is 0 Å². The van der Waals surface area contributed by atoms with E-state index in [0.717, 1.165) is 5.56 Å². The molecular weight excluding hydrogens is 253 g/mol. The van der Waals surface area contributed by atoms with E-state index in [9.17, 15) is 4.79 Å². The Kier molecular flexibility index (Phi) is 3.41. The monoisotopic (exact) mass is 261 g/mol. The number of hydrogen-bond acceptors (Lipinski definition) is 3. The molecule has 6 heteroatoms. The molecule has 0 saturated heterocycles. The highest BCUT2D eigenvalue weighted by Gasteiger charge is 2.18. The Morgan fingerprint density at radius 1 is 1.44 bits per heavy atom. The lowest BCUT2D eigenvalue weighted by molar-refractivity contribution is -0.118. The molecule has 0 spiro atoms. The van der Waals surface area contributed by atoms with Crippen LogP contribution in [-0.4, -0.2) is 18.6 Å². The van der Waals surface area contributed by atoms with Crippen LogP contribution in [0.2, 0.25) is 5.02 Å². The predicted octanol–water partition coefficient (Wildman–Crippen LogP) is 1.92. The third kappa shape index (κ3) is 2.33. The molecule has 1 aromatic rings. The van der Waals surface area contributed by atoms with Gasteiger partial charge in [-0.2, -0.15) is 0 Å². The van der Waals surface area contributed by atoms with Gasteiger partial charge in [-0.25, -0.2) is 0 Å². The van der Waals surface area contributed by atoms with Crippen LogP contribution in [0.3, 0.4) is 0 Å². The fourth-order valence-corrected chi connectivity index (χ4v) is 1.75. The van der Waals surface area contributed by atoms with Gasteiger partial charge in [0, 0.05) is 6.54 Å². The summed E-state index contributed by atoms with van der Waals surface area (Å²) >= 11 is 11.3. The van der Waals surface area contributed by atoms with Crippen molar-refractivity contribution in [1.29, 1.82) is 0 Å². The zero-order chi connectivity index (χ0) is 11.5. The van der Waals surface area contributed by atoms with E-state index in [4.69, 9.17) is 32.7 Å². The maximum Gasteiger partial charge on any atom is 0.235 e. The minimum Gasteiger partial charge on any atom is -0.454 e. The Hall–Kier alpha value is -1.13. The minimum absolute atomic E-state index is 0.0573. The zero-order valence-corrected chi connectivity index (χ0v) is 9.77. The predicted molar refractivity (Wildman–Crippen MR) is 60.1 cm³/mol. The summed E-state index contributed by atoms with van der Waals surface area (Å²) in [4.78, 5) is 11.0. The summed E-state index contributed by atoms with van der Waals surface area (Å²) in [6.07, 6.45) is 0. The van der Waals surface area contributed by atoms with Gasteiger partial charge in [0.1, 0.15) is 5.88 Å². The Bertz CT molecular complexity index is 423. The first kappa shape index (κ1) is 11.4.